The summed E-state index contributed by atoms with van der Waals surface area (Å²) in [5.74, 6) is -0.511. The fourth-order valence-electron chi connectivity index (χ4n) is 3.52. The lowest BCUT2D eigenvalue weighted by atomic mass is 9.97. The number of nitrogens with zero attached hydrogens (tertiary/aromatic N) is 1. The number of oxazole rings is 1. The van der Waals surface area contributed by atoms with Crippen molar-refractivity contribution in [2.24, 2.45) is 7.05 Å². The van der Waals surface area contributed by atoms with Gasteiger partial charge in [-0.1, -0.05) is 18.9 Å². The van der Waals surface area contributed by atoms with E-state index in [4.69, 9.17) is 4.42 Å². The Kier molecular flexibility index (Phi) is 3.86. The molecule has 0 bridgehead atoms. The lowest BCUT2D eigenvalue weighted by Crippen LogP contribution is -2.43. The van der Waals surface area contributed by atoms with Gasteiger partial charge in [0.25, 0.3) is 0 Å². The predicted molar refractivity (Wildman–Crippen MR) is 96.2 cm³/mol. The molecule has 3 aromatic rings. The van der Waals surface area contributed by atoms with Crippen LogP contribution in [0.2, 0.25) is 0 Å². The number of fused-ring (bicyclic) bond motifs is 1. The van der Waals surface area contributed by atoms with E-state index in [-0.39, 0.29) is 4.90 Å². The van der Waals surface area contributed by atoms with E-state index in [2.05, 4.69) is 4.72 Å². The van der Waals surface area contributed by atoms with Crippen molar-refractivity contribution < 1.29 is 12.8 Å². The highest BCUT2D eigenvalue weighted by atomic mass is 32.2. The van der Waals surface area contributed by atoms with E-state index in [9.17, 15) is 13.2 Å². The van der Waals surface area contributed by atoms with Crippen LogP contribution in [-0.4, -0.2) is 13.0 Å². The second kappa shape index (κ2) is 5.82. The Bertz CT molecular complexity index is 1070. The summed E-state index contributed by atoms with van der Waals surface area (Å²) in [6, 6.07) is 8.42. The molecule has 1 aliphatic carbocycles. The van der Waals surface area contributed by atoms with Gasteiger partial charge in [-0.3, -0.25) is 4.57 Å². The number of aryl methyl sites for hydroxylation is 1. The number of benzene rings is 1. The number of rotatable bonds is 4. The minimum atomic E-state index is -3.73. The van der Waals surface area contributed by atoms with Gasteiger partial charge in [-0.15, -0.1) is 11.3 Å². The summed E-state index contributed by atoms with van der Waals surface area (Å²) < 4.78 is 35.4. The molecule has 0 aliphatic heterocycles. The maximum atomic E-state index is 13.0. The third-order valence-corrected chi connectivity index (χ3v) is 7.46. The van der Waals surface area contributed by atoms with Gasteiger partial charge in [-0.2, -0.15) is 4.72 Å². The quantitative estimate of drug-likeness (QED) is 0.757. The van der Waals surface area contributed by atoms with Crippen molar-refractivity contribution in [3.63, 3.8) is 0 Å². The molecule has 1 aromatic carbocycles. The first kappa shape index (κ1) is 16.6. The highest BCUT2D eigenvalue weighted by molar-refractivity contribution is 7.89. The van der Waals surface area contributed by atoms with E-state index < -0.39 is 21.3 Å². The van der Waals surface area contributed by atoms with Gasteiger partial charge in [0.2, 0.25) is 10.0 Å². The van der Waals surface area contributed by atoms with Crippen molar-refractivity contribution in [3.05, 3.63) is 51.1 Å². The summed E-state index contributed by atoms with van der Waals surface area (Å²) in [6.07, 6.45) is 3.57. The van der Waals surface area contributed by atoms with Crippen LogP contribution in [-0.2, 0) is 22.6 Å². The largest absolute Gasteiger partial charge is 0.419 e. The Morgan fingerprint density at radius 3 is 2.68 bits per heavy atom. The zero-order valence-corrected chi connectivity index (χ0v) is 15.3. The van der Waals surface area contributed by atoms with Crippen LogP contribution in [0.3, 0.4) is 0 Å². The highest BCUT2D eigenvalue weighted by Gasteiger charge is 2.40. The van der Waals surface area contributed by atoms with Gasteiger partial charge in [0.15, 0.2) is 5.58 Å². The predicted octanol–water partition coefficient (Wildman–Crippen LogP) is 2.94. The fourth-order valence-corrected chi connectivity index (χ4v) is 5.98. The lowest BCUT2D eigenvalue weighted by molar-refractivity contribution is 0.412. The zero-order valence-electron chi connectivity index (χ0n) is 13.7. The van der Waals surface area contributed by atoms with Crippen LogP contribution in [0.4, 0.5) is 0 Å². The number of aromatic nitrogens is 1. The molecule has 0 amide bonds. The Hall–Kier alpha value is -1.90. The minimum Gasteiger partial charge on any atom is -0.408 e. The van der Waals surface area contributed by atoms with Gasteiger partial charge in [0.1, 0.15) is 0 Å². The van der Waals surface area contributed by atoms with Gasteiger partial charge in [0, 0.05) is 11.9 Å². The molecule has 0 saturated heterocycles. The van der Waals surface area contributed by atoms with Crippen LogP contribution in [0.1, 0.15) is 30.6 Å². The highest BCUT2D eigenvalue weighted by Crippen LogP contribution is 2.42. The van der Waals surface area contributed by atoms with Crippen LogP contribution in [0.5, 0.6) is 0 Å². The van der Waals surface area contributed by atoms with Gasteiger partial charge >= 0.3 is 5.76 Å². The van der Waals surface area contributed by atoms with Gasteiger partial charge in [0.05, 0.1) is 16.0 Å². The summed E-state index contributed by atoms with van der Waals surface area (Å²) >= 11 is 1.58. The molecule has 0 radical (unpaired) electrons. The van der Waals surface area contributed by atoms with Crippen LogP contribution >= 0.6 is 11.3 Å². The molecule has 1 saturated carbocycles. The molecule has 2 aromatic heterocycles. The minimum absolute atomic E-state index is 0.138. The van der Waals surface area contributed by atoms with Crippen LogP contribution < -0.4 is 10.5 Å². The van der Waals surface area contributed by atoms with Gasteiger partial charge in [-0.25, -0.2) is 13.2 Å². The monoisotopic (exact) mass is 378 g/mol. The molecule has 132 valence electrons. The molecule has 1 N–H and O–H groups in total. The standard InChI is InChI=1S/C17H18N2O4S2/c1-19-13-11-12(6-7-14(13)23-16(19)20)25(21,22)18-17(8-2-3-9-17)15-5-4-10-24-15/h4-7,10-11,18H,2-3,8-9H2,1H3. The number of sulfonamides is 1. The van der Waals surface area contributed by atoms with E-state index in [0.717, 1.165) is 30.6 Å². The molecule has 1 fully saturated rings. The first-order valence-corrected chi connectivity index (χ1v) is 10.5. The molecule has 2 heterocycles. The number of hydrogen-bond acceptors (Lipinski definition) is 5. The van der Waals surface area contributed by atoms with Gasteiger partial charge in [-0.05, 0) is 42.5 Å². The second-order valence-corrected chi connectivity index (χ2v) is 9.06. The van der Waals surface area contributed by atoms with Crippen LogP contribution in [0.25, 0.3) is 11.1 Å². The van der Waals surface area contributed by atoms with Crippen molar-refractivity contribution in [1.82, 2.24) is 9.29 Å². The van der Waals surface area contributed by atoms with Crippen molar-refractivity contribution in [2.45, 2.75) is 36.1 Å². The Morgan fingerprint density at radius 1 is 1.24 bits per heavy atom. The topological polar surface area (TPSA) is 81.3 Å². The Morgan fingerprint density at radius 2 is 2.00 bits per heavy atom. The maximum Gasteiger partial charge on any atom is 0.419 e. The summed E-state index contributed by atoms with van der Waals surface area (Å²) in [5, 5.41) is 1.97. The summed E-state index contributed by atoms with van der Waals surface area (Å²) in [4.78, 5) is 12.8. The van der Waals surface area contributed by atoms with E-state index in [1.165, 1.54) is 22.8 Å². The zero-order chi connectivity index (χ0) is 17.7. The maximum absolute atomic E-state index is 13.0. The number of nitrogens with one attached hydrogen (secondary N) is 1. The lowest BCUT2D eigenvalue weighted by Gasteiger charge is -2.29. The first-order chi connectivity index (χ1) is 11.9. The van der Waals surface area contributed by atoms with Gasteiger partial charge < -0.3 is 4.42 Å². The van der Waals surface area contributed by atoms with Crippen LogP contribution in [0, 0.1) is 0 Å². The van der Waals surface area contributed by atoms with E-state index in [1.807, 2.05) is 17.5 Å². The summed E-state index contributed by atoms with van der Waals surface area (Å²) in [5.41, 5.74) is 0.300. The molecule has 1 aliphatic rings. The molecular weight excluding hydrogens is 360 g/mol. The molecule has 6 nitrogen and oxygen atoms in total. The van der Waals surface area contributed by atoms with Crippen molar-refractivity contribution in [1.29, 1.82) is 0 Å². The Labute approximate surface area is 149 Å². The fraction of sp³-hybridized carbons (Fsp3) is 0.353. The molecule has 0 unspecified atom stereocenters. The third kappa shape index (κ3) is 2.74. The average Bonchev–Trinajstić information content (AvgIpc) is 3.29. The van der Waals surface area contributed by atoms with Crippen molar-refractivity contribution in [3.8, 4) is 0 Å². The van der Waals surface area contributed by atoms with Crippen LogP contribution in [0.15, 0.2) is 49.8 Å². The molecule has 25 heavy (non-hydrogen) atoms. The molecule has 4 rings (SSSR count). The molecule has 0 atom stereocenters. The summed E-state index contributed by atoms with van der Waals surface area (Å²) in [7, 11) is -2.17. The van der Waals surface area contributed by atoms with E-state index in [0.29, 0.717) is 11.1 Å². The average molecular weight is 378 g/mol. The van der Waals surface area contributed by atoms with Crippen molar-refractivity contribution >= 4 is 32.5 Å². The van der Waals surface area contributed by atoms with E-state index >= 15 is 0 Å². The molecule has 8 heteroatoms. The van der Waals surface area contributed by atoms with E-state index in [1.54, 1.807) is 18.4 Å². The third-order valence-electron chi connectivity index (χ3n) is 4.85. The normalized spacial score (nSPS) is 17.3. The van der Waals surface area contributed by atoms with Crippen molar-refractivity contribution in [2.75, 3.05) is 0 Å². The smallest absolute Gasteiger partial charge is 0.408 e. The molecule has 0 spiro atoms. The number of thiophene rings is 1. The Balaban J connectivity index is 1.76. The first-order valence-electron chi connectivity index (χ1n) is 8.09. The second-order valence-electron chi connectivity index (χ2n) is 6.43. The molecular formula is C17H18N2O4S2. The SMILES string of the molecule is Cn1c(=O)oc2ccc(S(=O)(=O)NC3(c4cccs4)CCCC3)cc21. The summed E-state index contributed by atoms with van der Waals surface area (Å²) in [6.45, 7) is 0. The number of hydrogen-bond donors (Lipinski definition) is 1.